The van der Waals surface area contributed by atoms with Crippen molar-refractivity contribution in [2.24, 2.45) is 7.05 Å². The van der Waals surface area contributed by atoms with E-state index in [4.69, 9.17) is 10.8 Å². The summed E-state index contributed by atoms with van der Waals surface area (Å²) in [5, 5.41) is 17.3. The van der Waals surface area contributed by atoms with Crippen molar-refractivity contribution in [3.8, 4) is 0 Å². The summed E-state index contributed by atoms with van der Waals surface area (Å²) >= 11 is 1.24. The molecule has 0 unspecified atom stereocenters. The third-order valence-electron chi connectivity index (χ3n) is 2.11. The maximum atomic E-state index is 11.1. The van der Waals surface area contributed by atoms with Gasteiger partial charge in [-0.05, 0) is 30.0 Å². The highest BCUT2D eigenvalue weighted by Crippen LogP contribution is 2.29. The molecule has 0 aliphatic carbocycles. The van der Waals surface area contributed by atoms with E-state index in [0.29, 0.717) is 15.7 Å². The van der Waals surface area contributed by atoms with Crippen LogP contribution >= 0.6 is 11.8 Å². The summed E-state index contributed by atoms with van der Waals surface area (Å²) in [5.74, 6) is -1.01. The summed E-state index contributed by atoms with van der Waals surface area (Å²) in [6.07, 6.45) is 1.56. The Hall–Kier alpha value is -2.02. The van der Waals surface area contributed by atoms with Gasteiger partial charge in [0.15, 0.2) is 5.16 Å². The monoisotopic (exact) mass is 250 g/mol. The molecule has 2 aromatic rings. The molecule has 7 heteroatoms. The van der Waals surface area contributed by atoms with Gasteiger partial charge >= 0.3 is 5.97 Å². The minimum absolute atomic E-state index is 0.165. The van der Waals surface area contributed by atoms with Crippen molar-refractivity contribution >= 4 is 23.4 Å². The lowest BCUT2D eigenvalue weighted by Crippen LogP contribution is -2.01. The third kappa shape index (κ3) is 2.39. The number of hydrogen-bond acceptors (Lipinski definition) is 5. The quantitative estimate of drug-likeness (QED) is 0.796. The predicted octanol–water partition coefficient (Wildman–Crippen LogP) is 1.25. The minimum Gasteiger partial charge on any atom is -0.478 e. The standard InChI is InChI=1S/C10H10N4O2S/c1-14-5-12-13-10(14)17-8-3-2-6(11)4-7(8)9(15)16/h2-5H,11H2,1H3,(H,15,16). The Morgan fingerprint density at radius 3 is 2.88 bits per heavy atom. The first-order chi connectivity index (χ1) is 8.08. The Bertz CT molecular complexity index is 567. The van der Waals surface area contributed by atoms with Gasteiger partial charge in [-0.15, -0.1) is 10.2 Å². The molecular formula is C10H10N4O2S. The lowest BCUT2D eigenvalue weighted by molar-refractivity contribution is 0.0693. The number of nitrogens with two attached hydrogens (primary N) is 1. The zero-order valence-corrected chi connectivity index (χ0v) is 9.81. The van der Waals surface area contributed by atoms with Crippen molar-refractivity contribution in [3.05, 3.63) is 30.1 Å². The summed E-state index contributed by atoms with van der Waals surface area (Å²) in [6, 6.07) is 4.75. The van der Waals surface area contributed by atoms with Crippen molar-refractivity contribution in [2.45, 2.75) is 10.1 Å². The minimum atomic E-state index is -1.01. The molecule has 0 bridgehead atoms. The summed E-state index contributed by atoms with van der Waals surface area (Å²) in [7, 11) is 1.79. The van der Waals surface area contributed by atoms with Gasteiger partial charge in [0.2, 0.25) is 0 Å². The molecular weight excluding hydrogens is 240 g/mol. The van der Waals surface area contributed by atoms with E-state index in [9.17, 15) is 4.79 Å². The third-order valence-corrected chi connectivity index (χ3v) is 3.23. The van der Waals surface area contributed by atoms with Crippen molar-refractivity contribution in [2.75, 3.05) is 5.73 Å². The second-order valence-corrected chi connectivity index (χ2v) is 4.40. The van der Waals surface area contributed by atoms with E-state index in [-0.39, 0.29) is 5.56 Å². The maximum absolute atomic E-state index is 11.1. The maximum Gasteiger partial charge on any atom is 0.336 e. The molecule has 1 heterocycles. The first-order valence-electron chi connectivity index (χ1n) is 4.72. The number of anilines is 1. The Morgan fingerprint density at radius 2 is 2.29 bits per heavy atom. The van der Waals surface area contributed by atoms with Crippen molar-refractivity contribution < 1.29 is 9.90 Å². The number of hydrogen-bond donors (Lipinski definition) is 2. The number of carboxylic acids is 1. The molecule has 3 N–H and O–H groups in total. The van der Waals surface area contributed by atoms with Crippen LogP contribution in [0.2, 0.25) is 0 Å². The van der Waals surface area contributed by atoms with Crippen LogP contribution in [0.4, 0.5) is 5.69 Å². The van der Waals surface area contributed by atoms with Crippen LogP contribution in [0.1, 0.15) is 10.4 Å². The van der Waals surface area contributed by atoms with Crippen LogP contribution in [0.15, 0.2) is 34.6 Å². The van der Waals surface area contributed by atoms with E-state index in [1.165, 1.54) is 17.8 Å². The average Bonchev–Trinajstić information content (AvgIpc) is 2.67. The van der Waals surface area contributed by atoms with Crippen molar-refractivity contribution in [1.29, 1.82) is 0 Å². The molecule has 17 heavy (non-hydrogen) atoms. The number of aromatic nitrogens is 3. The number of carbonyl (C=O) groups is 1. The molecule has 0 spiro atoms. The number of rotatable bonds is 3. The number of benzene rings is 1. The molecule has 1 aromatic carbocycles. The molecule has 0 aliphatic heterocycles. The van der Waals surface area contributed by atoms with E-state index >= 15 is 0 Å². The normalized spacial score (nSPS) is 10.4. The Kier molecular flexibility index (Phi) is 3.01. The Balaban J connectivity index is 2.39. The highest BCUT2D eigenvalue weighted by Gasteiger charge is 2.13. The summed E-state index contributed by atoms with van der Waals surface area (Å²) < 4.78 is 1.71. The zero-order valence-electron chi connectivity index (χ0n) is 8.99. The van der Waals surface area contributed by atoms with Gasteiger partial charge in [-0.1, -0.05) is 0 Å². The molecule has 6 nitrogen and oxygen atoms in total. The largest absolute Gasteiger partial charge is 0.478 e. The molecule has 0 saturated heterocycles. The second-order valence-electron chi connectivity index (χ2n) is 3.39. The second kappa shape index (κ2) is 4.46. The van der Waals surface area contributed by atoms with Gasteiger partial charge in [-0.2, -0.15) is 0 Å². The van der Waals surface area contributed by atoms with Crippen LogP contribution in [0.5, 0.6) is 0 Å². The SMILES string of the molecule is Cn1cnnc1Sc1ccc(N)cc1C(=O)O. The number of nitrogen functional groups attached to an aromatic ring is 1. The van der Waals surface area contributed by atoms with Crippen molar-refractivity contribution in [1.82, 2.24) is 14.8 Å². The van der Waals surface area contributed by atoms with Gasteiger partial charge in [-0.25, -0.2) is 4.79 Å². The topological polar surface area (TPSA) is 94.0 Å². The fourth-order valence-corrected chi connectivity index (χ4v) is 2.14. The van der Waals surface area contributed by atoms with E-state index in [0.717, 1.165) is 0 Å². The summed E-state index contributed by atoms with van der Waals surface area (Å²) in [6.45, 7) is 0. The molecule has 0 aliphatic rings. The average molecular weight is 250 g/mol. The van der Waals surface area contributed by atoms with Crippen molar-refractivity contribution in [3.63, 3.8) is 0 Å². The highest BCUT2D eigenvalue weighted by atomic mass is 32.2. The highest BCUT2D eigenvalue weighted by molar-refractivity contribution is 7.99. The summed E-state index contributed by atoms with van der Waals surface area (Å²) in [5.41, 5.74) is 6.15. The van der Waals surface area contributed by atoms with Crippen LogP contribution in [0.25, 0.3) is 0 Å². The van der Waals surface area contributed by atoms with Crippen LogP contribution < -0.4 is 5.73 Å². The number of aryl methyl sites for hydroxylation is 1. The lowest BCUT2D eigenvalue weighted by atomic mass is 10.2. The molecule has 0 radical (unpaired) electrons. The van der Waals surface area contributed by atoms with Gasteiger partial charge in [-0.3, -0.25) is 0 Å². The van der Waals surface area contributed by atoms with Gasteiger partial charge in [0.05, 0.1) is 5.56 Å². The molecule has 0 amide bonds. The Labute approximate surface area is 101 Å². The molecule has 2 rings (SSSR count). The van der Waals surface area contributed by atoms with Gasteiger partial charge in [0.25, 0.3) is 0 Å². The van der Waals surface area contributed by atoms with E-state index in [1.54, 1.807) is 30.1 Å². The molecule has 88 valence electrons. The number of carboxylic acid groups (broad SMARTS) is 1. The Morgan fingerprint density at radius 1 is 1.53 bits per heavy atom. The van der Waals surface area contributed by atoms with E-state index in [1.807, 2.05) is 0 Å². The van der Waals surface area contributed by atoms with Crippen LogP contribution in [-0.4, -0.2) is 25.8 Å². The van der Waals surface area contributed by atoms with Crippen LogP contribution in [0.3, 0.4) is 0 Å². The fourth-order valence-electron chi connectivity index (χ4n) is 1.27. The number of nitrogens with zero attached hydrogens (tertiary/aromatic N) is 3. The summed E-state index contributed by atoms with van der Waals surface area (Å²) in [4.78, 5) is 11.7. The zero-order chi connectivity index (χ0) is 12.4. The van der Waals surface area contributed by atoms with E-state index < -0.39 is 5.97 Å². The molecule has 0 saturated carbocycles. The molecule has 0 atom stereocenters. The van der Waals surface area contributed by atoms with E-state index in [2.05, 4.69) is 10.2 Å². The predicted molar refractivity (Wildman–Crippen MR) is 62.9 cm³/mol. The number of aromatic carboxylic acids is 1. The van der Waals surface area contributed by atoms with Gasteiger partial charge < -0.3 is 15.4 Å². The smallest absolute Gasteiger partial charge is 0.336 e. The van der Waals surface area contributed by atoms with Gasteiger partial charge in [0.1, 0.15) is 6.33 Å². The van der Waals surface area contributed by atoms with Gasteiger partial charge in [0, 0.05) is 17.6 Å². The first kappa shape index (κ1) is 11.5. The molecule has 0 fully saturated rings. The first-order valence-corrected chi connectivity index (χ1v) is 5.54. The fraction of sp³-hybridized carbons (Fsp3) is 0.100. The lowest BCUT2D eigenvalue weighted by Gasteiger charge is -2.05. The van der Waals surface area contributed by atoms with Crippen LogP contribution in [0, 0.1) is 0 Å². The van der Waals surface area contributed by atoms with Crippen LogP contribution in [-0.2, 0) is 7.05 Å². The molecule has 1 aromatic heterocycles.